The number of carboxylic acid groups (broad SMARTS) is 1. The summed E-state index contributed by atoms with van der Waals surface area (Å²) < 4.78 is 2.94. The Morgan fingerprint density at radius 2 is 2.09 bits per heavy atom. The van der Waals surface area contributed by atoms with Crippen molar-refractivity contribution in [1.29, 1.82) is 0 Å². The number of hydrogen-bond donors (Lipinski definition) is 1. The highest BCUT2D eigenvalue weighted by Crippen LogP contribution is 2.36. The van der Waals surface area contributed by atoms with Crippen molar-refractivity contribution in [2.75, 3.05) is 7.05 Å². The summed E-state index contributed by atoms with van der Waals surface area (Å²) in [6, 6.07) is 0.117. The van der Waals surface area contributed by atoms with Crippen molar-refractivity contribution in [3.05, 3.63) is 28.5 Å². The van der Waals surface area contributed by atoms with Gasteiger partial charge in [0.05, 0.1) is 5.69 Å². The SMILES string of the molecule is Cc1nccn2c(C3CCC(N(C)C(=O)O)CC3)nc(Br)c12. The second-order valence-electron chi connectivity index (χ2n) is 5.89. The summed E-state index contributed by atoms with van der Waals surface area (Å²) in [5, 5.41) is 9.09. The first-order valence-corrected chi connectivity index (χ1v) is 8.23. The second-order valence-corrected chi connectivity index (χ2v) is 6.64. The number of aryl methyl sites for hydroxylation is 1. The minimum Gasteiger partial charge on any atom is -0.465 e. The van der Waals surface area contributed by atoms with Crippen LogP contribution in [0.1, 0.15) is 43.1 Å². The maximum Gasteiger partial charge on any atom is 0.407 e. The summed E-state index contributed by atoms with van der Waals surface area (Å²) in [7, 11) is 1.66. The van der Waals surface area contributed by atoms with Crippen molar-refractivity contribution >= 4 is 27.5 Å². The first-order chi connectivity index (χ1) is 10.5. The highest BCUT2D eigenvalue weighted by Gasteiger charge is 2.29. The van der Waals surface area contributed by atoms with Gasteiger partial charge >= 0.3 is 6.09 Å². The molecule has 0 aliphatic heterocycles. The maximum atomic E-state index is 11.1. The summed E-state index contributed by atoms with van der Waals surface area (Å²) in [4.78, 5) is 21.5. The van der Waals surface area contributed by atoms with E-state index in [1.54, 1.807) is 13.2 Å². The fourth-order valence-electron chi connectivity index (χ4n) is 3.33. The molecule has 0 spiro atoms. The fourth-order valence-corrected chi connectivity index (χ4v) is 3.99. The molecule has 0 saturated heterocycles. The van der Waals surface area contributed by atoms with Crippen LogP contribution in [0.4, 0.5) is 4.79 Å². The van der Waals surface area contributed by atoms with Crippen LogP contribution >= 0.6 is 15.9 Å². The van der Waals surface area contributed by atoms with Gasteiger partial charge in [0.25, 0.3) is 0 Å². The first kappa shape index (κ1) is 15.3. The van der Waals surface area contributed by atoms with E-state index in [0.717, 1.165) is 47.3 Å². The minimum absolute atomic E-state index is 0.117. The molecule has 1 saturated carbocycles. The predicted octanol–water partition coefficient (Wildman–Crippen LogP) is 3.44. The van der Waals surface area contributed by atoms with Crippen molar-refractivity contribution in [3.8, 4) is 0 Å². The normalized spacial score (nSPS) is 22.0. The van der Waals surface area contributed by atoms with E-state index in [1.807, 2.05) is 13.1 Å². The third-order valence-corrected chi connectivity index (χ3v) is 5.19. The number of fused-ring (bicyclic) bond motifs is 1. The van der Waals surface area contributed by atoms with Gasteiger partial charge in [-0.1, -0.05) is 0 Å². The molecule has 1 fully saturated rings. The lowest BCUT2D eigenvalue weighted by atomic mass is 9.85. The lowest BCUT2D eigenvalue weighted by molar-refractivity contribution is 0.123. The van der Waals surface area contributed by atoms with Gasteiger partial charge in [-0.2, -0.15) is 0 Å². The van der Waals surface area contributed by atoms with Crippen molar-refractivity contribution in [2.24, 2.45) is 0 Å². The van der Waals surface area contributed by atoms with E-state index in [1.165, 1.54) is 4.90 Å². The van der Waals surface area contributed by atoms with Gasteiger partial charge in [0.15, 0.2) is 0 Å². The van der Waals surface area contributed by atoms with Gasteiger partial charge in [0.2, 0.25) is 0 Å². The van der Waals surface area contributed by atoms with Gasteiger partial charge in [-0.05, 0) is 48.5 Å². The molecule has 0 atom stereocenters. The molecule has 22 heavy (non-hydrogen) atoms. The molecule has 1 N–H and O–H groups in total. The van der Waals surface area contributed by atoms with Crippen LogP contribution < -0.4 is 0 Å². The molecule has 1 aliphatic rings. The number of carbonyl (C=O) groups is 1. The van der Waals surface area contributed by atoms with Crippen LogP contribution in [-0.4, -0.2) is 43.6 Å². The number of nitrogens with zero attached hydrogens (tertiary/aromatic N) is 4. The zero-order valence-corrected chi connectivity index (χ0v) is 14.2. The largest absolute Gasteiger partial charge is 0.465 e. The number of aromatic nitrogens is 3. The minimum atomic E-state index is -0.848. The molecule has 0 radical (unpaired) electrons. The zero-order chi connectivity index (χ0) is 15.9. The lowest BCUT2D eigenvalue weighted by Crippen LogP contribution is -2.38. The van der Waals surface area contributed by atoms with Gasteiger partial charge in [-0.25, -0.2) is 9.78 Å². The van der Waals surface area contributed by atoms with Crippen LogP contribution in [0, 0.1) is 6.92 Å². The Morgan fingerprint density at radius 1 is 1.41 bits per heavy atom. The van der Waals surface area contributed by atoms with Gasteiger partial charge in [0.1, 0.15) is 15.9 Å². The third kappa shape index (κ3) is 2.58. The van der Waals surface area contributed by atoms with Gasteiger partial charge < -0.3 is 10.0 Å². The number of halogens is 1. The standard InChI is InChI=1S/C15H19BrN4O2/c1-9-12-13(16)18-14(20(12)8-7-17-9)10-3-5-11(6-4-10)19(2)15(21)22/h7-8,10-11H,3-6H2,1-2H3,(H,21,22). The molecule has 7 heteroatoms. The third-order valence-electron chi connectivity index (χ3n) is 4.63. The topological polar surface area (TPSA) is 70.7 Å². The average molecular weight is 367 g/mol. The van der Waals surface area contributed by atoms with E-state index in [-0.39, 0.29) is 6.04 Å². The van der Waals surface area contributed by atoms with E-state index in [4.69, 9.17) is 5.11 Å². The number of imidazole rings is 1. The summed E-state index contributed by atoms with van der Waals surface area (Å²) in [5.41, 5.74) is 1.97. The van der Waals surface area contributed by atoms with E-state index < -0.39 is 6.09 Å². The van der Waals surface area contributed by atoms with Crippen molar-refractivity contribution in [2.45, 2.75) is 44.6 Å². The van der Waals surface area contributed by atoms with Crippen LogP contribution in [0.25, 0.3) is 5.52 Å². The quantitative estimate of drug-likeness (QED) is 0.883. The second kappa shape index (κ2) is 5.87. The fraction of sp³-hybridized carbons (Fsp3) is 0.533. The molecule has 3 rings (SSSR count). The molecular weight excluding hydrogens is 348 g/mol. The van der Waals surface area contributed by atoms with Gasteiger partial charge in [0, 0.05) is 31.4 Å². The van der Waals surface area contributed by atoms with E-state index in [9.17, 15) is 4.79 Å². The zero-order valence-electron chi connectivity index (χ0n) is 12.7. The molecule has 0 bridgehead atoms. The molecule has 0 unspecified atom stereocenters. The molecule has 1 amide bonds. The predicted molar refractivity (Wildman–Crippen MR) is 86.2 cm³/mol. The monoisotopic (exact) mass is 366 g/mol. The Balaban J connectivity index is 1.83. The number of rotatable bonds is 2. The molecule has 2 aromatic heterocycles. The van der Waals surface area contributed by atoms with Crippen LogP contribution in [0.2, 0.25) is 0 Å². The Bertz CT molecular complexity index is 707. The van der Waals surface area contributed by atoms with Crippen LogP contribution in [0.15, 0.2) is 17.0 Å². The van der Waals surface area contributed by atoms with Crippen molar-refractivity contribution in [1.82, 2.24) is 19.3 Å². The van der Waals surface area contributed by atoms with Crippen LogP contribution in [0.5, 0.6) is 0 Å². The first-order valence-electron chi connectivity index (χ1n) is 7.44. The summed E-state index contributed by atoms with van der Waals surface area (Å²) >= 11 is 3.53. The molecule has 118 valence electrons. The summed E-state index contributed by atoms with van der Waals surface area (Å²) in [6.45, 7) is 1.98. The summed E-state index contributed by atoms with van der Waals surface area (Å²) in [5.74, 6) is 1.41. The van der Waals surface area contributed by atoms with E-state index in [0.29, 0.717) is 5.92 Å². The Hall–Kier alpha value is -1.63. The van der Waals surface area contributed by atoms with Gasteiger partial charge in [-0.15, -0.1) is 0 Å². The molecule has 6 nitrogen and oxygen atoms in total. The Labute approximate surface area is 137 Å². The smallest absolute Gasteiger partial charge is 0.407 e. The Kier molecular flexibility index (Phi) is 4.08. The maximum absolute atomic E-state index is 11.1. The van der Waals surface area contributed by atoms with Crippen molar-refractivity contribution in [3.63, 3.8) is 0 Å². The number of hydrogen-bond acceptors (Lipinski definition) is 3. The molecule has 1 aliphatic carbocycles. The van der Waals surface area contributed by atoms with Crippen LogP contribution in [-0.2, 0) is 0 Å². The summed E-state index contributed by atoms with van der Waals surface area (Å²) in [6.07, 6.45) is 6.56. The van der Waals surface area contributed by atoms with E-state index >= 15 is 0 Å². The average Bonchev–Trinajstić information content (AvgIpc) is 2.85. The molecule has 0 aromatic carbocycles. The highest BCUT2D eigenvalue weighted by molar-refractivity contribution is 9.10. The highest BCUT2D eigenvalue weighted by atomic mass is 79.9. The molecular formula is C15H19BrN4O2. The van der Waals surface area contributed by atoms with Crippen molar-refractivity contribution < 1.29 is 9.90 Å². The molecule has 2 heterocycles. The Morgan fingerprint density at radius 3 is 2.73 bits per heavy atom. The molecule has 2 aromatic rings. The number of amides is 1. The lowest BCUT2D eigenvalue weighted by Gasteiger charge is -2.32. The van der Waals surface area contributed by atoms with Crippen LogP contribution in [0.3, 0.4) is 0 Å². The van der Waals surface area contributed by atoms with Gasteiger partial charge in [-0.3, -0.25) is 9.38 Å². The van der Waals surface area contributed by atoms with E-state index in [2.05, 4.69) is 30.3 Å².